The second-order valence-electron chi connectivity index (χ2n) is 5.04. The van der Waals surface area contributed by atoms with E-state index in [2.05, 4.69) is 17.1 Å². The van der Waals surface area contributed by atoms with E-state index < -0.39 is 0 Å². The predicted octanol–water partition coefficient (Wildman–Crippen LogP) is 2.80. The van der Waals surface area contributed by atoms with Gasteiger partial charge >= 0.3 is 0 Å². The highest BCUT2D eigenvalue weighted by Crippen LogP contribution is 2.25. The van der Waals surface area contributed by atoms with Crippen molar-refractivity contribution in [2.24, 2.45) is 0 Å². The van der Waals surface area contributed by atoms with Crippen LogP contribution in [0.4, 0.5) is 10.1 Å². The second-order valence-corrected chi connectivity index (χ2v) is 5.04. The molecule has 1 aromatic carbocycles. The Bertz CT molecular complexity index is 403. The highest BCUT2D eigenvalue weighted by Gasteiger charge is 2.14. The quantitative estimate of drug-likeness (QED) is 0.907. The summed E-state index contributed by atoms with van der Waals surface area (Å²) in [7, 11) is 0. The topological polar surface area (TPSA) is 24.5 Å². The number of rotatable bonds is 4. The molecule has 1 heterocycles. The summed E-state index contributed by atoms with van der Waals surface area (Å²) in [4.78, 5) is 2.10. The summed E-state index contributed by atoms with van der Waals surface area (Å²) in [6, 6.07) is 5.20. The standard InChI is InChI=1S/C15H23FN2O/c1-3-12(2)19-13-5-6-15(14(16)11-13)18-9-4-7-17-8-10-18/h5-6,11-12,17H,3-4,7-10H2,1-2H3. The van der Waals surface area contributed by atoms with E-state index in [-0.39, 0.29) is 11.9 Å². The van der Waals surface area contributed by atoms with Gasteiger partial charge in [0.1, 0.15) is 11.6 Å². The van der Waals surface area contributed by atoms with Gasteiger partial charge in [0.25, 0.3) is 0 Å². The Hall–Kier alpha value is -1.29. The Morgan fingerprint density at radius 2 is 2.21 bits per heavy atom. The largest absolute Gasteiger partial charge is 0.491 e. The summed E-state index contributed by atoms with van der Waals surface area (Å²) < 4.78 is 19.8. The molecule has 19 heavy (non-hydrogen) atoms. The monoisotopic (exact) mass is 266 g/mol. The number of anilines is 1. The van der Waals surface area contributed by atoms with Gasteiger partial charge in [0, 0.05) is 25.7 Å². The van der Waals surface area contributed by atoms with Gasteiger partial charge in [-0.25, -0.2) is 4.39 Å². The summed E-state index contributed by atoms with van der Waals surface area (Å²) in [6.45, 7) is 7.71. The first kappa shape index (κ1) is 14.1. The van der Waals surface area contributed by atoms with Gasteiger partial charge in [-0.05, 0) is 38.4 Å². The molecule has 1 atom stereocenters. The highest BCUT2D eigenvalue weighted by atomic mass is 19.1. The van der Waals surface area contributed by atoms with Crippen molar-refractivity contribution in [3.05, 3.63) is 24.0 Å². The van der Waals surface area contributed by atoms with Crippen LogP contribution in [0.1, 0.15) is 26.7 Å². The number of nitrogens with one attached hydrogen (secondary N) is 1. The maximum atomic E-state index is 14.2. The van der Waals surface area contributed by atoms with Crippen molar-refractivity contribution in [1.82, 2.24) is 5.32 Å². The van der Waals surface area contributed by atoms with E-state index >= 15 is 0 Å². The van der Waals surface area contributed by atoms with Crippen molar-refractivity contribution in [1.29, 1.82) is 0 Å². The fourth-order valence-corrected chi connectivity index (χ4v) is 2.22. The normalized spacial score (nSPS) is 17.9. The van der Waals surface area contributed by atoms with Gasteiger partial charge in [0.2, 0.25) is 0 Å². The van der Waals surface area contributed by atoms with E-state index in [9.17, 15) is 4.39 Å². The maximum Gasteiger partial charge on any atom is 0.150 e. The molecule has 0 saturated carbocycles. The lowest BCUT2D eigenvalue weighted by Gasteiger charge is -2.23. The van der Waals surface area contributed by atoms with E-state index in [4.69, 9.17) is 4.74 Å². The number of benzene rings is 1. The molecule has 0 spiro atoms. The van der Waals surface area contributed by atoms with Crippen LogP contribution in [0.15, 0.2) is 18.2 Å². The maximum absolute atomic E-state index is 14.2. The Morgan fingerprint density at radius 1 is 1.37 bits per heavy atom. The number of halogens is 1. The van der Waals surface area contributed by atoms with Crippen LogP contribution in [-0.2, 0) is 0 Å². The van der Waals surface area contributed by atoms with Crippen LogP contribution in [0.25, 0.3) is 0 Å². The van der Waals surface area contributed by atoms with Gasteiger partial charge in [-0.3, -0.25) is 0 Å². The third kappa shape index (κ3) is 3.83. The van der Waals surface area contributed by atoms with Crippen LogP contribution < -0.4 is 15.0 Å². The predicted molar refractivity (Wildman–Crippen MR) is 76.5 cm³/mol. The average molecular weight is 266 g/mol. The van der Waals surface area contributed by atoms with Crippen LogP contribution in [-0.4, -0.2) is 32.3 Å². The number of hydrogen-bond acceptors (Lipinski definition) is 3. The van der Waals surface area contributed by atoms with E-state index in [1.807, 2.05) is 19.1 Å². The summed E-state index contributed by atoms with van der Waals surface area (Å²) in [5.74, 6) is 0.422. The zero-order chi connectivity index (χ0) is 13.7. The lowest BCUT2D eigenvalue weighted by molar-refractivity contribution is 0.216. The molecule has 1 aromatic rings. The molecule has 0 bridgehead atoms. The van der Waals surface area contributed by atoms with Crippen molar-refractivity contribution in [2.75, 3.05) is 31.1 Å². The van der Waals surface area contributed by atoms with Gasteiger partial charge in [-0.2, -0.15) is 0 Å². The minimum atomic E-state index is -0.192. The summed E-state index contributed by atoms with van der Waals surface area (Å²) in [6.07, 6.45) is 2.08. The van der Waals surface area contributed by atoms with Crippen molar-refractivity contribution < 1.29 is 9.13 Å². The molecule has 1 N–H and O–H groups in total. The molecule has 0 aliphatic carbocycles. The minimum Gasteiger partial charge on any atom is -0.491 e. The fourth-order valence-electron chi connectivity index (χ4n) is 2.22. The molecule has 2 rings (SSSR count). The smallest absolute Gasteiger partial charge is 0.150 e. The third-order valence-corrected chi connectivity index (χ3v) is 3.51. The summed E-state index contributed by atoms with van der Waals surface area (Å²) in [5, 5.41) is 3.32. The summed E-state index contributed by atoms with van der Waals surface area (Å²) >= 11 is 0. The SMILES string of the molecule is CCC(C)Oc1ccc(N2CCCNCC2)c(F)c1. The van der Waals surface area contributed by atoms with Crippen molar-refractivity contribution in [2.45, 2.75) is 32.8 Å². The molecule has 1 aliphatic rings. The molecular weight excluding hydrogens is 243 g/mol. The number of hydrogen-bond donors (Lipinski definition) is 1. The van der Waals surface area contributed by atoms with Gasteiger partial charge < -0.3 is 15.0 Å². The van der Waals surface area contributed by atoms with Crippen molar-refractivity contribution in [3.63, 3.8) is 0 Å². The molecule has 0 amide bonds. The first-order valence-corrected chi connectivity index (χ1v) is 7.12. The minimum absolute atomic E-state index is 0.118. The number of nitrogens with zero attached hydrogens (tertiary/aromatic N) is 1. The average Bonchev–Trinajstić information content (AvgIpc) is 2.67. The first-order chi connectivity index (χ1) is 9.20. The van der Waals surface area contributed by atoms with Crippen LogP contribution in [0.2, 0.25) is 0 Å². The molecule has 4 heteroatoms. The van der Waals surface area contributed by atoms with E-state index in [1.54, 1.807) is 0 Å². The Balaban J connectivity index is 2.09. The Morgan fingerprint density at radius 3 is 2.95 bits per heavy atom. The Labute approximate surface area is 114 Å². The zero-order valence-electron chi connectivity index (χ0n) is 11.8. The van der Waals surface area contributed by atoms with Crippen LogP contribution in [0.3, 0.4) is 0 Å². The molecule has 0 aromatic heterocycles. The van der Waals surface area contributed by atoms with E-state index in [0.717, 1.165) is 39.0 Å². The molecule has 1 unspecified atom stereocenters. The summed E-state index contributed by atoms with van der Waals surface area (Å²) in [5.41, 5.74) is 0.681. The van der Waals surface area contributed by atoms with Crippen molar-refractivity contribution >= 4 is 5.69 Å². The van der Waals surface area contributed by atoms with Crippen LogP contribution >= 0.6 is 0 Å². The lowest BCUT2D eigenvalue weighted by atomic mass is 10.2. The third-order valence-electron chi connectivity index (χ3n) is 3.51. The van der Waals surface area contributed by atoms with E-state index in [1.165, 1.54) is 6.07 Å². The highest BCUT2D eigenvalue weighted by molar-refractivity contribution is 5.50. The zero-order valence-corrected chi connectivity index (χ0v) is 11.8. The molecule has 1 fully saturated rings. The van der Waals surface area contributed by atoms with Crippen LogP contribution in [0.5, 0.6) is 5.75 Å². The molecule has 1 aliphatic heterocycles. The molecule has 1 saturated heterocycles. The van der Waals surface area contributed by atoms with Crippen molar-refractivity contribution in [3.8, 4) is 5.75 Å². The molecule has 0 radical (unpaired) electrons. The van der Waals surface area contributed by atoms with E-state index in [0.29, 0.717) is 11.4 Å². The van der Waals surface area contributed by atoms with Gasteiger partial charge in [0.05, 0.1) is 11.8 Å². The van der Waals surface area contributed by atoms with Crippen LogP contribution in [0, 0.1) is 5.82 Å². The molecular formula is C15H23FN2O. The molecule has 3 nitrogen and oxygen atoms in total. The van der Waals surface area contributed by atoms with Gasteiger partial charge in [-0.1, -0.05) is 6.92 Å². The Kier molecular flexibility index (Phi) is 5.02. The first-order valence-electron chi connectivity index (χ1n) is 7.12. The lowest BCUT2D eigenvalue weighted by Crippen LogP contribution is -2.28. The van der Waals surface area contributed by atoms with Gasteiger partial charge in [0.15, 0.2) is 0 Å². The fraction of sp³-hybridized carbons (Fsp3) is 0.600. The molecule has 106 valence electrons. The number of ether oxygens (including phenoxy) is 1. The second kappa shape index (κ2) is 6.75. The van der Waals surface area contributed by atoms with Gasteiger partial charge in [-0.15, -0.1) is 0 Å².